The third-order valence-corrected chi connectivity index (χ3v) is 5.50. The third kappa shape index (κ3) is 9.14. The molecule has 3 rings (SSSR count). The number of rotatable bonds is 11. The lowest BCUT2D eigenvalue weighted by atomic mass is 10.1. The fourth-order valence-electron chi connectivity index (χ4n) is 3.62. The average Bonchev–Trinajstić information content (AvgIpc) is 3.33. The summed E-state index contributed by atoms with van der Waals surface area (Å²) < 4.78 is 17.3. The first-order chi connectivity index (χ1) is 15.7. The molecule has 2 aromatic carbocycles. The smallest absolute Gasteiger partial charge is 0.191 e. The van der Waals surface area contributed by atoms with E-state index in [9.17, 15) is 0 Å². The van der Waals surface area contributed by atoms with Gasteiger partial charge >= 0.3 is 0 Å². The highest BCUT2D eigenvalue weighted by Gasteiger charge is 2.17. The van der Waals surface area contributed by atoms with Crippen molar-refractivity contribution in [2.75, 3.05) is 33.0 Å². The summed E-state index contributed by atoms with van der Waals surface area (Å²) in [6, 6.07) is 14.7. The van der Waals surface area contributed by atoms with E-state index in [1.54, 1.807) is 0 Å². The molecule has 1 fully saturated rings. The maximum Gasteiger partial charge on any atom is 0.191 e. The second kappa shape index (κ2) is 15.1. The van der Waals surface area contributed by atoms with Crippen LogP contribution in [0.5, 0.6) is 5.75 Å². The van der Waals surface area contributed by atoms with Crippen LogP contribution in [0.3, 0.4) is 0 Å². The third-order valence-electron chi connectivity index (χ3n) is 5.50. The number of aryl methyl sites for hydroxylation is 1. The summed E-state index contributed by atoms with van der Waals surface area (Å²) in [5, 5.41) is 6.80. The second-order valence-corrected chi connectivity index (χ2v) is 8.11. The molecule has 182 valence electrons. The van der Waals surface area contributed by atoms with Gasteiger partial charge in [-0.1, -0.05) is 36.4 Å². The van der Waals surface area contributed by atoms with Gasteiger partial charge in [0.05, 0.1) is 26.4 Å². The Morgan fingerprint density at radius 3 is 2.64 bits per heavy atom. The number of ether oxygens (including phenoxy) is 3. The summed E-state index contributed by atoms with van der Waals surface area (Å²) in [6.07, 6.45) is 1.07. The number of benzene rings is 2. The van der Waals surface area contributed by atoms with Crippen molar-refractivity contribution < 1.29 is 14.2 Å². The Labute approximate surface area is 215 Å². The molecule has 1 saturated heterocycles. The first-order valence-corrected chi connectivity index (χ1v) is 11.7. The number of nitrogens with zero attached hydrogens (tertiary/aromatic N) is 1. The van der Waals surface area contributed by atoms with E-state index in [-0.39, 0.29) is 24.0 Å². The van der Waals surface area contributed by atoms with Crippen molar-refractivity contribution in [1.82, 2.24) is 10.6 Å². The molecule has 1 heterocycles. The van der Waals surface area contributed by atoms with Crippen molar-refractivity contribution >= 4 is 29.9 Å². The van der Waals surface area contributed by atoms with Gasteiger partial charge in [-0.15, -0.1) is 24.0 Å². The average molecular weight is 568 g/mol. The van der Waals surface area contributed by atoms with Crippen LogP contribution in [0.1, 0.15) is 42.5 Å². The zero-order chi connectivity index (χ0) is 22.6. The van der Waals surface area contributed by atoms with Gasteiger partial charge in [0.2, 0.25) is 0 Å². The molecule has 1 unspecified atom stereocenters. The fraction of sp³-hybridized carbons (Fsp3) is 0.500. The fourth-order valence-corrected chi connectivity index (χ4v) is 3.62. The van der Waals surface area contributed by atoms with E-state index in [4.69, 9.17) is 19.2 Å². The minimum absolute atomic E-state index is 0. The Bertz CT molecular complexity index is 870. The summed E-state index contributed by atoms with van der Waals surface area (Å²) in [4.78, 5) is 4.82. The molecular weight excluding hydrogens is 529 g/mol. The summed E-state index contributed by atoms with van der Waals surface area (Å²) in [7, 11) is 0. The SMILES string of the molecule is CCNC(=NCc1ccc(C)cc1OCC1CCOC1)NCc1ccccc1COCC.I. The summed E-state index contributed by atoms with van der Waals surface area (Å²) in [5.74, 6) is 2.18. The maximum absolute atomic E-state index is 6.17. The van der Waals surface area contributed by atoms with Gasteiger partial charge in [-0.3, -0.25) is 0 Å². The van der Waals surface area contributed by atoms with Crippen molar-refractivity contribution in [2.24, 2.45) is 10.9 Å². The lowest BCUT2D eigenvalue weighted by molar-refractivity contribution is 0.133. The molecule has 0 amide bonds. The van der Waals surface area contributed by atoms with E-state index in [1.807, 2.05) is 13.0 Å². The molecular formula is C26H38IN3O3. The zero-order valence-electron chi connectivity index (χ0n) is 20.1. The molecule has 0 radical (unpaired) electrons. The van der Waals surface area contributed by atoms with Gasteiger partial charge in [0.1, 0.15) is 5.75 Å². The van der Waals surface area contributed by atoms with Gasteiger partial charge in [-0.05, 0) is 49.9 Å². The maximum atomic E-state index is 6.17. The molecule has 33 heavy (non-hydrogen) atoms. The number of aliphatic imine (C=N–C) groups is 1. The molecule has 2 aromatic rings. The minimum atomic E-state index is 0. The Hall–Kier alpha value is -1.84. The lowest BCUT2D eigenvalue weighted by Crippen LogP contribution is -2.37. The molecule has 0 aliphatic carbocycles. The van der Waals surface area contributed by atoms with Crippen LogP contribution in [0.2, 0.25) is 0 Å². The van der Waals surface area contributed by atoms with Gasteiger partial charge in [0, 0.05) is 37.8 Å². The number of nitrogens with one attached hydrogen (secondary N) is 2. The molecule has 1 atom stereocenters. The molecule has 0 aromatic heterocycles. The topological polar surface area (TPSA) is 64.1 Å². The molecule has 2 N–H and O–H groups in total. The van der Waals surface area contributed by atoms with Gasteiger partial charge < -0.3 is 24.8 Å². The van der Waals surface area contributed by atoms with Crippen molar-refractivity contribution in [3.8, 4) is 5.75 Å². The largest absolute Gasteiger partial charge is 0.493 e. The van der Waals surface area contributed by atoms with E-state index < -0.39 is 0 Å². The second-order valence-electron chi connectivity index (χ2n) is 8.11. The first-order valence-electron chi connectivity index (χ1n) is 11.7. The minimum Gasteiger partial charge on any atom is -0.493 e. The molecule has 7 heteroatoms. The van der Waals surface area contributed by atoms with Crippen LogP contribution in [0.4, 0.5) is 0 Å². The van der Waals surface area contributed by atoms with Crippen LogP contribution < -0.4 is 15.4 Å². The Morgan fingerprint density at radius 1 is 1.09 bits per heavy atom. The van der Waals surface area contributed by atoms with Crippen LogP contribution in [0.15, 0.2) is 47.5 Å². The normalized spacial score (nSPS) is 15.7. The van der Waals surface area contributed by atoms with Crippen molar-refractivity contribution in [1.29, 1.82) is 0 Å². The molecule has 0 bridgehead atoms. The van der Waals surface area contributed by atoms with E-state index in [0.29, 0.717) is 38.8 Å². The number of halogens is 1. The van der Waals surface area contributed by atoms with E-state index >= 15 is 0 Å². The van der Waals surface area contributed by atoms with Gasteiger partial charge in [0.25, 0.3) is 0 Å². The van der Waals surface area contributed by atoms with Gasteiger partial charge in [-0.25, -0.2) is 4.99 Å². The van der Waals surface area contributed by atoms with Gasteiger partial charge in [0.15, 0.2) is 5.96 Å². The van der Waals surface area contributed by atoms with Gasteiger partial charge in [-0.2, -0.15) is 0 Å². The first kappa shape index (κ1) is 27.4. The van der Waals surface area contributed by atoms with Crippen LogP contribution in [-0.4, -0.2) is 38.9 Å². The quantitative estimate of drug-likeness (QED) is 0.232. The molecule has 0 spiro atoms. The summed E-state index contributed by atoms with van der Waals surface area (Å²) >= 11 is 0. The highest BCUT2D eigenvalue weighted by atomic mass is 127. The highest BCUT2D eigenvalue weighted by Crippen LogP contribution is 2.23. The Kier molecular flexibility index (Phi) is 12.6. The van der Waals surface area contributed by atoms with Crippen LogP contribution in [0, 0.1) is 12.8 Å². The van der Waals surface area contributed by atoms with Crippen LogP contribution in [0.25, 0.3) is 0 Å². The molecule has 6 nitrogen and oxygen atoms in total. The predicted octanol–water partition coefficient (Wildman–Crippen LogP) is 4.82. The monoisotopic (exact) mass is 567 g/mol. The van der Waals surface area contributed by atoms with E-state index in [2.05, 4.69) is 60.9 Å². The lowest BCUT2D eigenvalue weighted by Gasteiger charge is -2.16. The van der Waals surface area contributed by atoms with Crippen molar-refractivity contribution in [2.45, 2.75) is 46.9 Å². The number of hydrogen-bond acceptors (Lipinski definition) is 4. The Morgan fingerprint density at radius 2 is 1.91 bits per heavy atom. The number of guanidine groups is 1. The molecule has 1 aliphatic heterocycles. The van der Waals surface area contributed by atoms with Crippen molar-refractivity contribution in [3.63, 3.8) is 0 Å². The molecule has 0 saturated carbocycles. The zero-order valence-corrected chi connectivity index (χ0v) is 22.4. The number of hydrogen-bond donors (Lipinski definition) is 2. The molecule has 1 aliphatic rings. The predicted molar refractivity (Wildman–Crippen MR) is 144 cm³/mol. The standard InChI is InChI=1S/C26H37N3O3.HI/c1-4-27-26(28-15-22-8-6-7-9-24(22)19-30-5-2)29-16-23-11-10-20(3)14-25(23)32-18-21-12-13-31-17-21;/h6-11,14,21H,4-5,12-13,15-19H2,1-3H3,(H2,27,28,29);1H. The summed E-state index contributed by atoms with van der Waals surface area (Å²) in [6.45, 7) is 11.9. The summed E-state index contributed by atoms with van der Waals surface area (Å²) in [5.41, 5.74) is 4.68. The van der Waals surface area contributed by atoms with Crippen molar-refractivity contribution in [3.05, 3.63) is 64.7 Å². The van der Waals surface area contributed by atoms with E-state index in [1.165, 1.54) is 16.7 Å². The Balaban J connectivity index is 0.00000385. The van der Waals surface area contributed by atoms with E-state index in [0.717, 1.165) is 43.5 Å². The van der Waals surface area contributed by atoms with Crippen LogP contribution in [-0.2, 0) is 29.2 Å². The van der Waals surface area contributed by atoms with Crippen LogP contribution >= 0.6 is 24.0 Å². The highest BCUT2D eigenvalue weighted by molar-refractivity contribution is 14.0.